The number of halogens is 1. The summed E-state index contributed by atoms with van der Waals surface area (Å²) in [5, 5.41) is 8.92. The highest BCUT2D eigenvalue weighted by atomic mass is 19.1. The van der Waals surface area contributed by atoms with E-state index in [2.05, 4.69) is 4.98 Å². The maximum atomic E-state index is 14.1. The SMILES string of the molecule is COc1cccc(F)c1C(=O)N1CCN(c2ccc(C(=O)O)cn2)CC1. The van der Waals surface area contributed by atoms with Gasteiger partial charge < -0.3 is 19.6 Å². The number of carboxylic acids is 1. The molecule has 1 aliphatic rings. The van der Waals surface area contributed by atoms with Crippen molar-refractivity contribution in [3.63, 3.8) is 0 Å². The Morgan fingerprint density at radius 3 is 2.46 bits per heavy atom. The molecule has 0 aliphatic carbocycles. The standard InChI is InChI=1S/C18H18FN3O4/c1-26-14-4-2-3-13(19)16(14)17(23)22-9-7-21(8-10-22)15-6-5-12(11-20-15)18(24)25/h2-6,11H,7-10H2,1H3,(H,24,25). The van der Waals surface area contributed by atoms with Gasteiger partial charge in [-0.2, -0.15) is 0 Å². The molecule has 0 bridgehead atoms. The zero-order chi connectivity index (χ0) is 18.7. The fourth-order valence-corrected chi connectivity index (χ4v) is 2.88. The summed E-state index contributed by atoms with van der Waals surface area (Å²) in [6.45, 7) is 1.83. The average Bonchev–Trinajstić information content (AvgIpc) is 2.67. The Morgan fingerprint density at radius 2 is 1.88 bits per heavy atom. The number of anilines is 1. The molecule has 1 N–H and O–H groups in total. The molecule has 7 nitrogen and oxygen atoms in total. The number of pyridine rings is 1. The number of rotatable bonds is 4. The van der Waals surface area contributed by atoms with Crippen LogP contribution in [0, 0.1) is 5.82 Å². The van der Waals surface area contributed by atoms with Gasteiger partial charge in [0.05, 0.1) is 12.7 Å². The van der Waals surface area contributed by atoms with E-state index >= 15 is 0 Å². The number of ether oxygens (including phenoxy) is 1. The van der Waals surface area contributed by atoms with Gasteiger partial charge >= 0.3 is 5.97 Å². The summed E-state index contributed by atoms with van der Waals surface area (Å²) in [6.07, 6.45) is 1.30. The summed E-state index contributed by atoms with van der Waals surface area (Å²) in [5.41, 5.74) is 0.0570. The maximum Gasteiger partial charge on any atom is 0.337 e. The highest BCUT2D eigenvalue weighted by Gasteiger charge is 2.27. The predicted octanol–water partition coefficient (Wildman–Crippen LogP) is 1.89. The lowest BCUT2D eigenvalue weighted by Crippen LogP contribution is -2.49. The Bertz CT molecular complexity index is 818. The third kappa shape index (κ3) is 3.44. The molecule has 1 saturated heterocycles. The van der Waals surface area contributed by atoms with E-state index in [9.17, 15) is 14.0 Å². The molecule has 0 atom stereocenters. The Morgan fingerprint density at radius 1 is 1.15 bits per heavy atom. The van der Waals surface area contributed by atoms with Crippen LogP contribution >= 0.6 is 0 Å². The minimum absolute atomic E-state index is 0.0626. The summed E-state index contributed by atoms with van der Waals surface area (Å²) in [6, 6.07) is 7.42. The molecule has 1 fully saturated rings. The second-order valence-electron chi connectivity index (χ2n) is 5.81. The molecule has 26 heavy (non-hydrogen) atoms. The maximum absolute atomic E-state index is 14.1. The highest BCUT2D eigenvalue weighted by molar-refractivity contribution is 5.97. The van der Waals surface area contributed by atoms with Crippen LogP contribution < -0.4 is 9.64 Å². The molecule has 1 amide bonds. The summed E-state index contributed by atoms with van der Waals surface area (Å²) >= 11 is 0. The molecule has 0 unspecified atom stereocenters. The number of hydrogen-bond acceptors (Lipinski definition) is 5. The van der Waals surface area contributed by atoms with Crippen LogP contribution in [0.4, 0.5) is 10.2 Å². The first-order valence-corrected chi connectivity index (χ1v) is 8.07. The van der Waals surface area contributed by atoms with Crippen LogP contribution in [0.5, 0.6) is 5.75 Å². The monoisotopic (exact) mass is 359 g/mol. The molecule has 1 aromatic carbocycles. The molecule has 136 valence electrons. The highest BCUT2D eigenvalue weighted by Crippen LogP contribution is 2.24. The van der Waals surface area contributed by atoms with Crippen LogP contribution in [0.3, 0.4) is 0 Å². The van der Waals surface area contributed by atoms with Crippen molar-refractivity contribution in [3.8, 4) is 5.75 Å². The number of hydrogen-bond donors (Lipinski definition) is 1. The van der Waals surface area contributed by atoms with Gasteiger partial charge in [-0.15, -0.1) is 0 Å². The smallest absolute Gasteiger partial charge is 0.337 e. The Kier molecular flexibility index (Phi) is 5.01. The summed E-state index contributed by atoms with van der Waals surface area (Å²) in [5.74, 6) is -1.19. The van der Waals surface area contributed by atoms with Crippen LogP contribution in [0.2, 0.25) is 0 Å². The van der Waals surface area contributed by atoms with Crippen molar-refractivity contribution in [2.45, 2.75) is 0 Å². The van der Waals surface area contributed by atoms with E-state index in [0.29, 0.717) is 32.0 Å². The number of benzene rings is 1. The Hall–Kier alpha value is -3.16. The van der Waals surface area contributed by atoms with E-state index in [-0.39, 0.29) is 16.9 Å². The summed E-state index contributed by atoms with van der Waals surface area (Å²) < 4.78 is 19.2. The molecule has 3 rings (SSSR count). The predicted molar refractivity (Wildman–Crippen MR) is 92.3 cm³/mol. The van der Waals surface area contributed by atoms with E-state index in [4.69, 9.17) is 9.84 Å². The fraction of sp³-hybridized carbons (Fsp3) is 0.278. The molecule has 1 aromatic heterocycles. The molecule has 0 radical (unpaired) electrons. The second kappa shape index (κ2) is 7.38. The molecule has 0 spiro atoms. The molecule has 2 aromatic rings. The molecule has 2 heterocycles. The van der Waals surface area contributed by atoms with Gasteiger partial charge in [0.2, 0.25) is 0 Å². The lowest BCUT2D eigenvalue weighted by Gasteiger charge is -2.35. The first kappa shape index (κ1) is 17.7. The number of aromatic carboxylic acids is 1. The number of amides is 1. The molecule has 8 heteroatoms. The Labute approximate surface area is 149 Å². The van der Waals surface area contributed by atoms with Gasteiger partial charge in [0.25, 0.3) is 5.91 Å². The topological polar surface area (TPSA) is 83.0 Å². The second-order valence-corrected chi connectivity index (χ2v) is 5.81. The third-order valence-electron chi connectivity index (χ3n) is 4.29. The van der Waals surface area contributed by atoms with Crippen molar-refractivity contribution < 1.29 is 23.8 Å². The van der Waals surface area contributed by atoms with Crippen molar-refractivity contribution in [3.05, 3.63) is 53.5 Å². The lowest BCUT2D eigenvalue weighted by molar-refractivity contribution is 0.0694. The summed E-state index contributed by atoms with van der Waals surface area (Å²) in [4.78, 5) is 31.2. The average molecular weight is 359 g/mol. The van der Waals surface area contributed by atoms with Crippen LogP contribution in [0.25, 0.3) is 0 Å². The quantitative estimate of drug-likeness (QED) is 0.898. The van der Waals surface area contributed by atoms with Gasteiger partial charge in [-0.3, -0.25) is 4.79 Å². The largest absolute Gasteiger partial charge is 0.496 e. The fourth-order valence-electron chi connectivity index (χ4n) is 2.88. The Balaban J connectivity index is 1.69. The van der Waals surface area contributed by atoms with E-state index < -0.39 is 17.7 Å². The number of methoxy groups -OCH3 is 1. The van der Waals surface area contributed by atoms with Gasteiger partial charge in [-0.05, 0) is 24.3 Å². The molecular weight excluding hydrogens is 341 g/mol. The molecular formula is C18H18FN3O4. The van der Waals surface area contributed by atoms with Gasteiger partial charge in [0.1, 0.15) is 22.9 Å². The van der Waals surface area contributed by atoms with Crippen LogP contribution in [0.15, 0.2) is 36.5 Å². The van der Waals surface area contributed by atoms with Crippen molar-refractivity contribution in [2.75, 3.05) is 38.2 Å². The molecule has 1 aliphatic heterocycles. The number of nitrogens with zero attached hydrogens (tertiary/aromatic N) is 3. The van der Waals surface area contributed by atoms with Crippen LogP contribution in [-0.4, -0.2) is 60.2 Å². The van der Waals surface area contributed by atoms with E-state index in [1.165, 1.54) is 31.5 Å². The van der Waals surface area contributed by atoms with Gasteiger partial charge in [0.15, 0.2) is 0 Å². The van der Waals surface area contributed by atoms with Gasteiger partial charge in [-0.1, -0.05) is 6.07 Å². The van der Waals surface area contributed by atoms with Crippen molar-refractivity contribution in [2.24, 2.45) is 0 Å². The number of carbonyl (C=O) groups is 2. The zero-order valence-electron chi connectivity index (χ0n) is 14.2. The van der Waals surface area contributed by atoms with Gasteiger partial charge in [0, 0.05) is 32.4 Å². The first-order chi connectivity index (χ1) is 12.5. The zero-order valence-corrected chi connectivity index (χ0v) is 14.2. The molecule has 0 saturated carbocycles. The number of carboxylic acid groups (broad SMARTS) is 1. The van der Waals surface area contributed by atoms with Crippen molar-refractivity contribution in [1.29, 1.82) is 0 Å². The van der Waals surface area contributed by atoms with Crippen molar-refractivity contribution >= 4 is 17.7 Å². The summed E-state index contributed by atoms with van der Waals surface area (Å²) in [7, 11) is 1.40. The van der Waals surface area contributed by atoms with Crippen molar-refractivity contribution in [1.82, 2.24) is 9.88 Å². The number of aromatic nitrogens is 1. The van der Waals surface area contributed by atoms with Gasteiger partial charge in [-0.25, -0.2) is 14.2 Å². The minimum atomic E-state index is -1.03. The lowest BCUT2D eigenvalue weighted by atomic mass is 10.1. The first-order valence-electron chi connectivity index (χ1n) is 8.07. The third-order valence-corrected chi connectivity index (χ3v) is 4.29. The van der Waals surface area contributed by atoms with E-state index in [0.717, 1.165) is 0 Å². The minimum Gasteiger partial charge on any atom is -0.496 e. The van der Waals surface area contributed by atoms with E-state index in [1.807, 2.05) is 4.90 Å². The van der Waals surface area contributed by atoms with Crippen LogP contribution in [-0.2, 0) is 0 Å². The van der Waals surface area contributed by atoms with E-state index in [1.54, 1.807) is 17.0 Å². The normalized spacial score (nSPS) is 14.2. The number of piperazine rings is 1. The van der Waals surface area contributed by atoms with Crippen LogP contribution in [0.1, 0.15) is 20.7 Å². The number of carbonyl (C=O) groups excluding carboxylic acids is 1.